The van der Waals surface area contributed by atoms with E-state index in [1.807, 2.05) is 36.6 Å². The molecule has 22 heavy (non-hydrogen) atoms. The Hall–Kier alpha value is -2.36. The topological polar surface area (TPSA) is 48.3 Å². The van der Waals surface area contributed by atoms with Gasteiger partial charge in [-0.2, -0.15) is 0 Å². The maximum atomic E-state index is 11.9. The Kier molecular flexibility index (Phi) is 5.15. The molecule has 2 rings (SSSR count). The van der Waals surface area contributed by atoms with Crippen molar-refractivity contribution in [2.45, 2.75) is 33.6 Å². The number of ether oxygens (including phenoxy) is 1. The molecule has 0 radical (unpaired) electrons. The normalized spacial score (nSPS) is 10.5. The first-order valence-corrected chi connectivity index (χ1v) is 7.50. The monoisotopic (exact) mass is 299 g/mol. The Bertz CT molecular complexity index is 668. The highest BCUT2D eigenvalue weighted by atomic mass is 16.5. The molecule has 0 bridgehead atoms. The average Bonchev–Trinajstić information content (AvgIpc) is 2.81. The van der Waals surface area contributed by atoms with Gasteiger partial charge in [-0.3, -0.25) is 4.79 Å². The second-order valence-electron chi connectivity index (χ2n) is 5.32. The van der Waals surface area contributed by atoms with E-state index >= 15 is 0 Å². The number of aromatic nitrogens is 1. The Labute approximate surface area is 130 Å². The van der Waals surface area contributed by atoms with Crippen LogP contribution in [0.2, 0.25) is 0 Å². The first-order valence-electron chi connectivity index (χ1n) is 7.50. The van der Waals surface area contributed by atoms with Gasteiger partial charge in [0.1, 0.15) is 0 Å². The number of nitrogens with zero attached hydrogens (tertiary/aromatic N) is 1. The van der Waals surface area contributed by atoms with Crippen molar-refractivity contribution in [3.8, 4) is 5.69 Å². The predicted molar refractivity (Wildman–Crippen MR) is 85.8 cm³/mol. The summed E-state index contributed by atoms with van der Waals surface area (Å²) in [6.45, 7) is 6.37. The Balaban J connectivity index is 2.20. The fourth-order valence-electron chi connectivity index (χ4n) is 2.44. The molecular weight excluding hydrogens is 278 g/mol. The third kappa shape index (κ3) is 3.27. The number of hydrogen-bond donors (Lipinski definition) is 0. The van der Waals surface area contributed by atoms with E-state index < -0.39 is 0 Å². The number of hydrogen-bond acceptors (Lipinski definition) is 3. The largest absolute Gasteiger partial charge is 0.462 e. The highest BCUT2D eigenvalue weighted by Gasteiger charge is 2.11. The third-order valence-electron chi connectivity index (χ3n) is 3.69. The maximum Gasteiger partial charge on any atom is 0.338 e. The summed E-state index contributed by atoms with van der Waals surface area (Å²) in [5, 5.41) is 0. The number of carbonyl (C=O) groups is 2. The summed E-state index contributed by atoms with van der Waals surface area (Å²) in [6, 6.07) is 9.09. The first kappa shape index (κ1) is 16.0. The zero-order valence-electron chi connectivity index (χ0n) is 13.3. The summed E-state index contributed by atoms with van der Waals surface area (Å²) in [5.74, 6) is -0.297. The standard InChI is InChI=1S/C18H21NO3/c1-4-5-10-22-18(21)15-6-8-17(9-7-15)19-13(2)11-16(12-20)14(19)3/h6-9,11-12H,4-5,10H2,1-3H3. The fourth-order valence-corrected chi connectivity index (χ4v) is 2.44. The molecule has 1 aromatic carbocycles. The number of benzene rings is 1. The molecule has 0 aliphatic rings. The van der Waals surface area contributed by atoms with Crippen LogP contribution in [0.15, 0.2) is 30.3 Å². The van der Waals surface area contributed by atoms with E-state index in [0.717, 1.165) is 36.2 Å². The molecule has 0 amide bonds. The highest BCUT2D eigenvalue weighted by Crippen LogP contribution is 2.20. The first-order chi connectivity index (χ1) is 10.6. The minimum atomic E-state index is -0.297. The van der Waals surface area contributed by atoms with Crippen LogP contribution in [0.3, 0.4) is 0 Å². The lowest BCUT2D eigenvalue weighted by Crippen LogP contribution is -2.07. The molecule has 2 aromatic rings. The van der Waals surface area contributed by atoms with Crippen molar-refractivity contribution in [3.05, 3.63) is 52.8 Å². The van der Waals surface area contributed by atoms with Gasteiger partial charge in [-0.25, -0.2) is 4.79 Å². The van der Waals surface area contributed by atoms with Crippen molar-refractivity contribution in [2.75, 3.05) is 6.61 Å². The van der Waals surface area contributed by atoms with E-state index in [9.17, 15) is 9.59 Å². The van der Waals surface area contributed by atoms with Crippen LogP contribution >= 0.6 is 0 Å². The molecule has 0 aliphatic carbocycles. The molecule has 0 atom stereocenters. The van der Waals surface area contributed by atoms with Gasteiger partial charge in [0.25, 0.3) is 0 Å². The van der Waals surface area contributed by atoms with Gasteiger partial charge in [0.15, 0.2) is 6.29 Å². The van der Waals surface area contributed by atoms with Crippen LogP contribution in [0.25, 0.3) is 5.69 Å². The van der Waals surface area contributed by atoms with Gasteiger partial charge in [-0.1, -0.05) is 13.3 Å². The average molecular weight is 299 g/mol. The highest BCUT2D eigenvalue weighted by molar-refractivity contribution is 5.89. The lowest BCUT2D eigenvalue weighted by Gasteiger charge is -2.10. The maximum absolute atomic E-state index is 11.9. The van der Waals surface area contributed by atoms with E-state index in [1.54, 1.807) is 12.1 Å². The van der Waals surface area contributed by atoms with E-state index in [1.165, 1.54) is 0 Å². The minimum absolute atomic E-state index is 0.297. The zero-order chi connectivity index (χ0) is 16.1. The lowest BCUT2D eigenvalue weighted by atomic mass is 10.2. The minimum Gasteiger partial charge on any atom is -0.462 e. The van der Waals surface area contributed by atoms with Gasteiger partial charge in [0, 0.05) is 22.6 Å². The molecule has 4 heteroatoms. The number of unbranched alkanes of at least 4 members (excludes halogenated alkanes) is 1. The van der Waals surface area contributed by atoms with Crippen molar-refractivity contribution in [3.63, 3.8) is 0 Å². The summed E-state index contributed by atoms with van der Waals surface area (Å²) >= 11 is 0. The summed E-state index contributed by atoms with van der Waals surface area (Å²) < 4.78 is 7.19. The van der Waals surface area contributed by atoms with Crippen LogP contribution in [-0.4, -0.2) is 23.4 Å². The van der Waals surface area contributed by atoms with Gasteiger partial charge in [0.2, 0.25) is 0 Å². The second-order valence-corrected chi connectivity index (χ2v) is 5.32. The number of aryl methyl sites for hydroxylation is 1. The van der Waals surface area contributed by atoms with Gasteiger partial charge >= 0.3 is 5.97 Å². The molecule has 0 unspecified atom stereocenters. The molecule has 0 saturated carbocycles. The van der Waals surface area contributed by atoms with Crippen LogP contribution in [0, 0.1) is 13.8 Å². The second kappa shape index (κ2) is 7.07. The third-order valence-corrected chi connectivity index (χ3v) is 3.69. The Morgan fingerprint density at radius 3 is 2.45 bits per heavy atom. The molecule has 1 aromatic heterocycles. The fraction of sp³-hybridized carbons (Fsp3) is 0.333. The molecule has 4 nitrogen and oxygen atoms in total. The SMILES string of the molecule is CCCCOC(=O)c1ccc(-n2c(C)cc(C=O)c2C)cc1. The van der Waals surface area contributed by atoms with Crippen LogP contribution in [-0.2, 0) is 4.74 Å². The van der Waals surface area contributed by atoms with Crippen molar-refractivity contribution in [2.24, 2.45) is 0 Å². The van der Waals surface area contributed by atoms with E-state index in [0.29, 0.717) is 17.7 Å². The van der Waals surface area contributed by atoms with Crippen LogP contribution < -0.4 is 0 Å². The molecule has 1 heterocycles. The van der Waals surface area contributed by atoms with E-state index in [-0.39, 0.29) is 5.97 Å². The molecule has 0 N–H and O–H groups in total. The lowest BCUT2D eigenvalue weighted by molar-refractivity contribution is 0.0499. The quantitative estimate of drug-likeness (QED) is 0.462. The van der Waals surface area contributed by atoms with Gasteiger partial charge < -0.3 is 9.30 Å². The van der Waals surface area contributed by atoms with E-state index in [4.69, 9.17) is 4.74 Å². The summed E-state index contributed by atoms with van der Waals surface area (Å²) in [6.07, 6.45) is 2.73. The van der Waals surface area contributed by atoms with Gasteiger partial charge in [0.05, 0.1) is 12.2 Å². The van der Waals surface area contributed by atoms with Crippen molar-refractivity contribution >= 4 is 12.3 Å². The van der Waals surface area contributed by atoms with Crippen molar-refractivity contribution in [1.82, 2.24) is 4.57 Å². The Morgan fingerprint density at radius 2 is 1.91 bits per heavy atom. The van der Waals surface area contributed by atoms with Gasteiger partial charge in [-0.15, -0.1) is 0 Å². The van der Waals surface area contributed by atoms with Crippen LogP contribution in [0.5, 0.6) is 0 Å². The zero-order valence-corrected chi connectivity index (χ0v) is 13.3. The van der Waals surface area contributed by atoms with Crippen LogP contribution in [0.4, 0.5) is 0 Å². The molecule has 0 saturated heterocycles. The summed E-state index contributed by atoms with van der Waals surface area (Å²) in [5.41, 5.74) is 4.02. The van der Waals surface area contributed by atoms with Crippen molar-refractivity contribution < 1.29 is 14.3 Å². The number of esters is 1. The van der Waals surface area contributed by atoms with Gasteiger partial charge in [-0.05, 0) is 50.6 Å². The van der Waals surface area contributed by atoms with E-state index in [2.05, 4.69) is 6.92 Å². The number of carbonyl (C=O) groups excluding carboxylic acids is 2. The summed E-state index contributed by atoms with van der Waals surface area (Å²) in [4.78, 5) is 22.9. The molecule has 0 aliphatic heterocycles. The number of aldehydes is 1. The predicted octanol–water partition coefficient (Wildman–Crippen LogP) is 3.86. The summed E-state index contributed by atoms with van der Waals surface area (Å²) in [7, 11) is 0. The van der Waals surface area contributed by atoms with Crippen LogP contribution in [0.1, 0.15) is 51.9 Å². The number of rotatable bonds is 6. The molecular formula is C18H21NO3. The smallest absolute Gasteiger partial charge is 0.338 e. The molecule has 0 fully saturated rings. The Morgan fingerprint density at radius 1 is 1.23 bits per heavy atom. The molecule has 0 spiro atoms. The molecule has 116 valence electrons. The van der Waals surface area contributed by atoms with Crippen molar-refractivity contribution in [1.29, 1.82) is 0 Å².